The summed E-state index contributed by atoms with van der Waals surface area (Å²) in [4.78, 5) is 20.3. The van der Waals surface area contributed by atoms with Crippen LogP contribution in [0, 0.1) is 18.8 Å². The Labute approximate surface area is 174 Å². The van der Waals surface area contributed by atoms with Gasteiger partial charge >= 0.3 is 0 Å². The van der Waals surface area contributed by atoms with E-state index in [1.165, 1.54) is 0 Å². The van der Waals surface area contributed by atoms with Crippen molar-refractivity contribution >= 4 is 33.4 Å². The summed E-state index contributed by atoms with van der Waals surface area (Å²) in [6, 6.07) is 13.1. The highest BCUT2D eigenvalue weighted by molar-refractivity contribution is 6.08. The van der Waals surface area contributed by atoms with Gasteiger partial charge in [-0.15, -0.1) is 0 Å². The molecule has 0 radical (unpaired) electrons. The van der Waals surface area contributed by atoms with Crippen LogP contribution in [-0.4, -0.2) is 20.9 Å². The molecule has 0 aliphatic carbocycles. The Morgan fingerprint density at radius 1 is 1.10 bits per heavy atom. The average Bonchev–Trinajstić information content (AvgIpc) is 2.71. The lowest BCUT2D eigenvalue weighted by Gasteiger charge is -2.08. The van der Waals surface area contributed by atoms with E-state index in [0.717, 1.165) is 38.5 Å². The molecule has 5 heteroatoms. The van der Waals surface area contributed by atoms with E-state index < -0.39 is 0 Å². The van der Waals surface area contributed by atoms with Gasteiger partial charge in [0.15, 0.2) is 5.82 Å². The van der Waals surface area contributed by atoms with Gasteiger partial charge < -0.3 is 15.6 Å². The molecule has 0 bridgehead atoms. The quantitative estimate of drug-likeness (QED) is 0.399. The van der Waals surface area contributed by atoms with Crippen LogP contribution in [0.15, 0.2) is 48.7 Å². The van der Waals surface area contributed by atoms with E-state index in [2.05, 4.69) is 21.8 Å². The molecule has 0 saturated heterocycles. The fourth-order valence-corrected chi connectivity index (χ4v) is 3.43. The van der Waals surface area contributed by atoms with Crippen LogP contribution in [0.3, 0.4) is 0 Å². The summed E-state index contributed by atoms with van der Waals surface area (Å²) in [5.41, 5.74) is 11.2. The number of hydrogen-bond acceptors (Lipinski definition) is 5. The van der Waals surface area contributed by atoms with Crippen LogP contribution in [0.5, 0.6) is 5.75 Å². The highest BCUT2D eigenvalue weighted by Crippen LogP contribution is 2.28. The number of phenols is 1. The molecule has 30 heavy (non-hydrogen) atoms. The maximum absolute atomic E-state index is 11.3. The number of benzene rings is 2. The minimum Gasteiger partial charge on any atom is -0.508 e. The lowest BCUT2D eigenvalue weighted by Crippen LogP contribution is -1.98. The van der Waals surface area contributed by atoms with Crippen molar-refractivity contribution in [1.82, 2.24) is 9.97 Å². The first-order valence-corrected chi connectivity index (χ1v) is 9.69. The maximum Gasteiger partial charge on any atom is 0.150 e. The highest BCUT2D eigenvalue weighted by atomic mass is 16.3. The van der Waals surface area contributed by atoms with E-state index >= 15 is 0 Å². The lowest BCUT2D eigenvalue weighted by atomic mass is 10.0. The molecule has 2 heterocycles. The number of fused-ring (bicyclic) bond motifs is 3. The third-order valence-corrected chi connectivity index (χ3v) is 5.04. The van der Waals surface area contributed by atoms with Crippen molar-refractivity contribution in [3.8, 4) is 17.6 Å². The van der Waals surface area contributed by atoms with Crippen molar-refractivity contribution < 1.29 is 9.90 Å². The van der Waals surface area contributed by atoms with Gasteiger partial charge in [0.25, 0.3) is 0 Å². The van der Waals surface area contributed by atoms with Crippen LogP contribution < -0.4 is 5.73 Å². The minimum atomic E-state index is 0.164. The largest absolute Gasteiger partial charge is 0.508 e. The van der Waals surface area contributed by atoms with Gasteiger partial charge in [-0.1, -0.05) is 24.0 Å². The van der Waals surface area contributed by atoms with Gasteiger partial charge in [0, 0.05) is 34.5 Å². The zero-order valence-corrected chi connectivity index (χ0v) is 16.9. The molecule has 4 rings (SSSR count). The van der Waals surface area contributed by atoms with Crippen molar-refractivity contribution in [3.05, 3.63) is 70.9 Å². The zero-order valence-electron chi connectivity index (χ0n) is 16.9. The summed E-state index contributed by atoms with van der Waals surface area (Å²) >= 11 is 0. The second-order valence-electron chi connectivity index (χ2n) is 7.42. The Bertz CT molecular complexity index is 1360. The molecular formula is C25H21N3O2. The number of nitrogens with zero attached hydrogens (tertiary/aromatic N) is 2. The Morgan fingerprint density at radius 2 is 1.93 bits per heavy atom. The van der Waals surface area contributed by atoms with Crippen molar-refractivity contribution in [1.29, 1.82) is 0 Å². The summed E-state index contributed by atoms with van der Waals surface area (Å²) in [7, 11) is 0. The molecule has 5 nitrogen and oxygen atoms in total. The molecular weight excluding hydrogens is 374 g/mol. The van der Waals surface area contributed by atoms with Gasteiger partial charge in [0.1, 0.15) is 17.0 Å². The van der Waals surface area contributed by atoms with E-state index in [-0.39, 0.29) is 11.5 Å². The first-order chi connectivity index (χ1) is 14.4. The molecule has 0 spiro atoms. The molecule has 2 aromatic heterocycles. The predicted molar refractivity (Wildman–Crippen MR) is 119 cm³/mol. The number of carbonyl (C=O) groups is 1. The normalized spacial score (nSPS) is 10.7. The average molecular weight is 395 g/mol. The number of rotatable bonds is 3. The lowest BCUT2D eigenvalue weighted by molar-refractivity contribution is -0.116. The van der Waals surface area contributed by atoms with Crippen LogP contribution >= 0.6 is 0 Å². The number of Topliss-reactive ketones (excluding diaryl/α,β-unsaturated/α-hetero) is 1. The molecule has 0 amide bonds. The molecule has 0 aliphatic heterocycles. The number of pyridine rings is 2. The molecule has 148 valence electrons. The number of aryl methyl sites for hydroxylation is 2. The molecule has 0 saturated carbocycles. The van der Waals surface area contributed by atoms with Gasteiger partial charge in [-0.05, 0) is 61.7 Å². The van der Waals surface area contributed by atoms with Crippen molar-refractivity contribution in [2.75, 3.05) is 5.73 Å². The molecule has 4 aromatic rings. The minimum absolute atomic E-state index is 0.164. The van der Waals surface area contributed by atoms with Crippen LogP contribution in [0.4, 0.5) is 5.82 Å². The first kappa shape index (κ1) is 19.4. The van der Waals surface area contributed by atoms with E-state index in [9.17, 15) is 9.90 Å². The molecule has 2 aromatic carbocycles. The van der Waals surface area contributed by atoms with Crippen molar-refractivity contribution in [2.24, 2.45) is 0 Å². The predicted octanol–water partition coefficient (Wildman–Crippen LogP) is 4.30. The van der Waals surface area contributed by atoms with Gasteiger partial charge in [0.05, 0.1) is 5.52 Å². The van der Waals surface area contributed by atoms with E-state index in [4.69, 9.17) is 5.73 Å². The Balaban J connectivity index is 1.78. The number of nitrogen functional groups attached to an aromatic ring is 1. The van der Waals surface area contributed by atoms with E-state index in [1.807, 2.05) is 31.2 Å². The Morgan fingerprint density at radius 3 is 2.70 bits per heavy atom. The second-order valence-corrected chi connectivity index (χ2v) is 7.42. The van der Waals surface area contributed by atoms with Crippen molar-refractivity contribution in [2.45, 2.75) is 26.7 Å². The third kappa shape index (κ3) is 3.94. The zero-order chi connectivity index (χ0) is 21.3. The summed E-state index contributed by atoms with van der Waals surface area (Å²) in [6.07, 6.45) is 2.88. The number of aromatic hydroxyl groups is 1. The summed E-state index contributed by atoms with van der Waals surface area (Å²) in [6.45, 7) is 3.50. The molecule has 0 atom stereocenters. The fourth-order valence-electron chi connectivity index (χ4n) is 3.43. The van der Waals surface area contributed by atoms with Crippen LogP contribution in [0.25, 0.3) is 21.8 Å². The highest BCUT2D eigenvalue weighted by Gasteiger charge is 2.09. The van der Waals surface area contributed by atoms with Gasteiger partial charge in [-0.25, -0.2) is 4.98 Å². The number of nitrogens with two attached hydrogens (primary N) is 1. The SMILES string of the molecule is CC(=O)CCc1ccc2c(c1)nc(N)c1ncc(C#Cc3ccc(O)cc3C)cc12. The summed E-state index contributed by atoms with van der Waals surface area (Å²) in [5.74, 6) is 7.05. The van der Waals surface area contributed by atoms with E-state index in [0.29, 0.717) is 24.2 Å². The summed E-state index contributed by atoms with van der Waals surface area (Å²) in [5, 5.41) is 11.4. The van der Waals surface area contributed by atoms with Crippen molar-refractivity contribution in [3.63, 3.8) is 0 Å². The molecule has 0 fully saturated rings. The Hall–Kier alpha value is -3.91. The number of ketones is 1. The number of carbonyl (C=O) groups excluding carboxylic acids is 1. The molecule has 3 N–H and O–H groups in total. The number of hydrogen-bond donors (Lipinski definition) is 2. The van der Waals surface area contributed by atoms with E-state index in [1.54, 1.807) is 31.3 Å². The van der Waals surface area contributed by atoms with Gasteiger partial charge in [-0.2, -0.15) is 0 Å². The molecule has 0 unspecified atom stereocenters. The van der Waals surface area contributed by atoms with Crippen LogP contribution in [0.1, 0.15) is 35.6 Å². The third-order valence-electron chi connectivity index (χ3n) is 5.04. The van der Waals surface area contributed by atoms with Gasteiger partial charge in [0.2, 0.25) is 0 Å². The van der Waals surface area contributed by atoms with Crippen LogP contribution in [-0.2, 0) is 11.2 Å². The number of aromatic nitrogens is 2. The topological polar surface area (TPSA) is 89.1 Å². The van der Waals surface area contributed by atoms with Gasteiger partial charge in [-0.3, -0.25) is 4.98 Å². The Kier molecular flexibility index (Phi) is 5.07. The number of anilines is 1. The second kappa shape index (κ2) is 7.84. The summed E-state index contributed by atoms with van der Waals surface area (Å²) < 4.78 is 0. The maximum atomic E-state index is 11.3. The standard InChI is InChI=1S/C25H21N3O2/c1-15-11-20(30)9-8-19(15)7-5-18-12-22-21-10-6-17(4-3-16(2)29)13-23(21)28-25(26)24(22)27-14-18/h6,8-14,30H,3-4H2,1-2H3,(H2,26,28). The fraction of sp³-hybridized carbons (Fsp3) is 0.160. The van der Waals surface area contributed by atoms with Crippen LogP contribution in [0.2, 0.25) is 0 Å². The first-order valence-electron chi connectivity index (χ1n) is 9.69. The monoisotopic (exact) mass is 395 g/mol. The number of phenolic OH excluding ortho intramolecular Hbond substituents is 1. The molecule has 0 aliphatic rings. The smallest absolute Gasteiger partial charge is 0.150 e.